The third kappa shape index (κ3) is 2.88. The second-order valence-corrected chi connectivity index (χ2v) is 6.15. The lowest BCUT2D eigenvalue weighted by Gasteiger charge is -2.21. The molecule has 0 radical (unpaired) electrons. The minimum atomic E-state index is 0.0970. The van der Waals surface area contributed by atoms with Gasteiger partial charge in [-0.2, -0.15) is 0 Å². The molecule has 1 aromatic heterocycles. The van der Waals surface area contributed by atoms with Crippen LogP contribution in [0.3, 0.4) is 0 Å². The zero-order chi connectivity index (χ0) is 13.1. The highest BCUT2D eigenvalue weighted by Crippen LogP contribution is 2.34. The molecule has 0 aliphatic heterocycles. The van der Waals surface area contributed by atoms with Crippen molar-refractivity contribution in [1.29, 1.82) is 0 Å². The van der Waals surface area contributed by atoms with Crippen LogP contribution in [0, 0.1) is 5.92 Å². The summed E-state index contributed by atoms with van der Waals surface area (Å²) in [5.41, 5.74) is 2.36. The molecular formula is C17H23NO. The first-order valence-corrected chi connectivity index (χ1v) is 7.81. The average molecular weight is 257 g/mol. The fraction of sp³-hybridized carbons (Fsp3) is 0.647. The molecule has 0 bridgehead atoms. The number of Topliss-reactive ketones (excluding diaryl/α,β-unsaturated/α-hetero) is 1. The lowest BCUT2D eigenvalue weighted by molar-refractivity contribution is -0.120. The highest BCUT2D eigenvalue weighted by Gasteiger charge is 2.29. The number of nitrogens with zero attached hydrogens (tertiary/aromatic N) is 1. The average Bonchev–Trinajstić information content (AvgIpc) is 2.90. The molecule has 0 N–H and O–H groups in total. The number of hydrogen-bond acceptors (Lipinski definition) is 2. The molecular weight excluding hydrogens is 234 g/mol. The number of carbonyl (C=O) groups excluding carboxylic acids is 1. The van der Waals surface area contributed by atoms with E-state index < -0.39 is 0 Å². The maximum atomic E-state index is 12.4. The van der Waals surface area contributed by atoms with Crippen molar-refractivity contribution >= 4 is 5.78 Å². The van der Waals surface area contributed by atoms with Crippen LogP contribution in [-0.4, -0.2) is 10.8 Å². The Labute approximate surface area is 115 Å². The van der Waals surface area contributed by atoms with Crippen LogP contribution in [0.15, 0.2) is 18.3 Å². The minimum Gasteiger partial charge on any atom is -0.299 e. The molecule has 0 aromatic carbocycles. The van der Waals surface area contributed by atoms with Crippen LogP contribution in [0.2, 0.25) is 0 Å². The molecule has 2 heteroatoms. The topological polar surface area (TPSA) is 30.0 Å². The molecule has 1 atom stereocenters. The summed E-state index contributed by atoms with van der Waals surface area (Å²) in [6.45, 7) is 0. The van der Waals surface area contributed by atoms with Crippen molar-refractivity contribution in [3.05, 3.63) is 29.6 Å². The van der Waals surface area contributed by atoms with E-state index in [1.165, 1.54) is 37.7 Å². The van der Waals surface area contributed by atoms with Crippen LogP contribution < -0.4 is 0 Å². The smallest absolute Gasteiger partial charge is 0.141 e. The van der Waals surface area contributed by atoms with Gasteiger partial charge in [0.15, 0.2) is 0 Å². The zero-order valence-electron chi connectivity index (χ0n) is 11.6. The van der Waals surface area contributed by atoms with Crippen LogP contribution in [-0.2, 0) is 11.2 Å². The van der Waals surface area contributed by atoms with Crippen molar-refractivity contribution in [2.24, 2.45) is 5.92 Å². The fourth-order valence-corrected chi connectivity index (χ4v) is 3.72. The Morgan fingerprint density at radius 2 is 2.05 bits per heavy atom. The first-order chi connectivity index (χ1) is 9.34. The second-order valence-electron chi connectivity index (χ2n) is 6.15. The Morgan fingerprint density at radius 1 is 1.21 bits per heavy atom. The first-order valence-electron chi connectivity index (χ1n) is 7.81. The molecule has 2 aliphatic carbocycles. The Kier molecular flexibility index (Phi) is 3.95. The van der Waals surface area contributed by atoms with Gasteiger partial charge in [0.05, 0.1) is 11.6 Å². The molecule has 1 aromatic rings. The molecule has 2 aliphatic rings. The van der Waals surface area contributed by atoms with Crippen molar-refractivity contribution < 1.29 is 4.79 Å². The molecule has 2 nitrogen and oxygen atoms in total. The van der Waals surface area contributed by atoms with Gasteiger partial charge < -0.3 is 0 Å². The van der Waals surface area contributed by atoms with Crippen molar-refractivity contribution in [3.63, 3.8) is 0 Å². The van der Waals surface area contributed by atoms with Gasteiger partial charge in [0.1, 0.15) is 5.78 Å². The van der Waals surface area contributed by atoms with E-state index in [9.17, 15) is 4.79 Å². The van der Waals surface area contributed by atoms with Gasteiger partial charge in [-0.15, -0.1) is 0 Å². The van der Waals surface area contributed by atoms with Gasteiger partial charge >= 0.3 is 0 Å². The number of pyridine rings is 1. The lowest BCUT2D eigenvalue weighted by atomic mass is 9.84. The number of carbonyl (C=O) groups is 1. The van der Waals surface area contributed by atoms with E-state index in [1.807, 2.05) is 12.3 Å². The van der Waals surface area contributed by atoms with E-state index in [0.717, 1.165) is 37.3 Å². The van der Waals surface area contributed by atoms with Gasteiger partial charge in [0.2, 0.25) is 0 Å². The van der Waals surface area contributed by atoms with Gasteiger partial charge in [-0.3, -0.25) is 9.78 Å². The summed E-state index contributed by atoms with van der Waals surface area (Å²) in [6.07, 6.45) is 12.5. The molecule has 1 unspecified atom stereocenters. The molecule has 0 amide bonds. The Hall–Kier alpha value is -1.18. The third-order valence-electron chi connectivity index (χ3n) is 4.87. The summed E-state index contributed by atoms with van der Waals surface area (Å²) in [5, 5.41) is 0. The SMILES string of the molecule is O=C(CCC1CCCCC1)C1CCc2cccnc21. The molecule has 1 heterocycles. The van der Waals surface area contributed by atoms with E-state index in [1.54, 1.807) is 0 Å². The maximum Gasteiger partial charge on any atom is 0.141 e. The molecule has 1 saturated carbocycles. The van der Waals surface area contributed by atoms with E-state index in [0.29, 0.717) is 5.78 Å². The van der Waals surface area contributed by atoms with E-state index >= 15 is 0 Å². The monoisotopic (exact) mass is 257 g/mol. The van der Waals surface area contributed by atoms with Crippen LogP contribution in [0.1, 0.15) is 68.5 Å². The van der Waals surface area contributed by atoms with Gasteiger partial charge in [0.25, 0.3) is 0 Å². The van der Waals surface area contributed by atoms with Gasteiger partial charge in [-0.05, 0) is 36.8 Å². The Bertz CT molecular complexity index is 448. The van der Waals surface area contributed by atoms with Gasteiger partial charge in [-0.1, -0.05) is 38.2 Å². The highest BCUT2D eigenvalue weighted by atomic mass is 16.1. The minimum absolute atomic E-state index is 0.0970. The Balaban J connectivity index is 1.56. The second kappa shape index (κ2) is 5.85. The molecule has 0 saturated heterocycles. The predicted octanol–water partition coefficient (Wildman–Crippen LogP) is 4.04. The lowest BCUT2D eigenvalue weighted by Crippen LogP contribution is -2.14. The molecule has 3 rings (SSSR count). The van der Waals surface area contributed by atoms with Crippen molar-refractivity contribution in [1.82, 2.24) is 4.98 Å². The number of rotatable bonds is 4. The number of hydrogen-bond donors (Lipinski definition) is 0. The zero-order valence-corrected chi connectivity index (χ0v) is 11.6. The van der Waals surface area contributed by atoms with Crippen LogP contribution in [0.5, 0.6) is 0 Å². The summed E-state index contributed by atoms with van der Waals surface area (Å²) in [6, 6.07) is 4.10. The van der Waals surface area contributed by atoms with Crippen LogP contribution in [0.4, 0.5) is 0 Å². The van der Waals surface area contributed by atoms with E-state index in [4.69, 9.17) is 0 Å². The maximum absolute atomic E-state index is 12.4. The number of ketones is 1. The van der Waals surface area contributed by atoms with Crippen molar-refractivity contribution in [2.45, 2.75) is 63.7 Å². The first kappa shape index (κ1) is 12.8. The fourth-order valence-electron chi connectivity index (χ4n) is 3.72. The summed E-state index contributed by atoms with van der Waals surface area (Å²) in [7, 11) is 0. The van der Waals surface area contributed by atoms with E-state index in [2.05, 4.69) is 11.1 Å². The third-order valence-corrected chi connectivity index (χ3v) is 4.87. The number of fused-ring (bicyclic) bond motifs is 1. The summed E-state index contributed by atoms with van der Waals surface area (Å²) in [4.78, 5) is 16.8. The van der Waals surface area contributed by atoms with Crippen molar-refractivity contribution in [2.75, 3.05) is 0 Å². The summed E-state index contributed by atoms with van der Waals surface area (Å²) >= 11 is 0. The molecule has 0 spiro atoms. The molecule has 19 heavy (non-hydrogen) atoms. The molecule has 102 valence electrons. The number of aryl methyl sites for hydroxylation is 1. The van der Waals surface area contributed by atoms with Gasteiger partial charge in [0, 0.05) is 12.6 Å². The normalized spacial score (nSPS) is 23.3. The molecule has 1 fully saturated rings. The van der Waals surface area contributed by atoms with Gasteiger partial charge in [-0.25, -0.2) is 0 Å². The van der Waals surface area contributed by atoms with Crippen LogP contribution >= 0.6 is 0 Å². The van der Waals surface area contributed by atoms with E-state index in [-0.39, 0.29) is 5.92 Å². The quantitative estimate of drug-likeness (QED) is 0.814. The highest BCUT2D eigenvalue weighted by molar-refractivity contribution is 5.86. The largest absolute Gasteiger partial charge is 0.299 e. The van der Waals surface area contributed by atoms with Crippen LogP contribution in [0.25, 0.3) is 0 Å². The van der Waals surface area contributed by atoms with Crippen molar-refractivity contribution in [3.8, 4) is 0 Å². The number of aromatic nitrogens is 1. The standard InChI is InChI=1S/C17H23NO/c19-16(11-8-13-5-2-1-3-6-13)15-10-9-14-7-4-12-18-17(14)15/h4,7,12-13,15H,1-3,5-6,8-11H2. The summed E-state index contributed by atoms with van der Waals surface area (Å²) in [5.74, 6) is 1.34. The predicted molar refractivity (Wildman–Crippen MR) is 76.1 cm³/mol. The summed E-state index contributed by atoms with van der Waals surface area (Å²) < 4.78 is 0. The Morgan fingerprint density at radius 3 is 2.89 bits per heavy atom.